The standard InChI is InChI=1S/C14H18N6O3S/c1-3-23-10-6-4-9(5-7-10)11-18-19-14(20(11)16)24-8(2)12(21)17-13(15)22/h4-8H,3,16H2,1-2H3,(H3,15,17,21,22)/t8-/m1/s1. The first kappa shape index (κ1) is 17.6. The monoisotopic (exact) mass is 350 g/mol. The van der Waals surface area contributed by atoms with Crippen LogP contribution in [-0.4, -0.2) is 38.7 Å². The molecule has 0 aliphatic heterocycles. The number of nitrogens with one attached hydrogen (secondary N) is 1. The van der Waals surface area contributed by atoms with Crippen molar-refractivity contribution < 1.29 is 14.3 Å². The molecule has 1 atom stereocenters. The van der Waals surface area contributed by atoms with E-state index >= 15 is 0 Å². The van der Waals surface area contributed by atoms with Gasteiger partial charge in [-0.2, -0.15) is 0 Å². The summed E-state index contributed by atoms with van der Waals surface area (Å²) >= 11 is 1.07. The molecule has 2 aromatic rings. The Hall–Kier alpha value is -2.75. The topological polar surface area (TPSA) is 138 Å². The van der Waals surface area contributed by atoms with Crippen LogP contribution in [0.5, 0.6) is 5.75 Å². The van der Waals surface area contributed by atoms with E-state index in [1.165, 1.54) is 4.68 Å². The smallest absolute Gasteiger partial charge is 0.318 e. The van der Waals surface area contributed by atoms with E-state index in [9.17, 15) is 9.59 Å². The zero-order valence-corrected chi connectivity index (χ0v) is 14.0. The lowest BCUT2D eigenvalue weighted by Crippen LogP contribution is -2.39. The first-order valence-corrected chi connectivity index (χ1v) is 8.01. The number of thioether (sulfide) groups is 1. The van der Waals surface area contributed by atoms with Crippen LogP contribution in [0.4, 0.5) is 4.79 Å². The summed E-state index contributed by atoms with van der Waals surface area (Å²) in [5, 5.41) is 9.74. The van der Waals surface area contributed by atoms with Gasteiger partial charge in [-0.3, -0.25) is 10.1 Å². The lowest BCUT2D eigenvalue weighted by molar-refractivity contribution is -0.119. The molecular formula is C14H18N6O3S. The summed E-state index contributed by atoms with van der Waals surface area (Å²) in [5.41, 5.74) is 5.68. The van der Waals surface area contributed by atoms with Crippen LogP contribution < -0.4 is 21.6 Å². The Morgan fingerprint density at radius 3 is 2.58 bits per heavy atom. The highest BCUT2D eigenvalue weighted by atomic mass is 32.2. The molecule has 0 radical (unpaired) electrons. The highest BCUT2D eigenvalue weighted by Gasteiger charge is 2.20. The fourth-order valence-corrected chi connectivity index (χ4v) is 2.63. The van der Waals surface area contributed by atoms with Crippen molar-refractivity contribution in [3.8, 4) is 17.1 Å². The summed E-state index contributed by atoms with van der Waals surface area (Å²) in [5.74, 6) is 6.66. The molecule has 0 aliphatic rings. The van der Waals surface area contributed by atoms with Crippen molar-refractivity contribution in [2.24, 2.45) is 5.73 Å². The maximum absolute atomic E-state index is 11.7. The van der Waals surface area contributed by atoms with E-state index in [-0.39, 0.29) is 0 Å². The first-order chi connectivity index (χ1) is 11.4. The van der Waals surface area contributed by atoms with Crippen LogP contribution in [0.2, 0.25) is 0 Å². The zero-order valence-electron chi connectivity index (χ0n) is 13.2. The van der Waals surface area contributed by atoms with Crippen LogP contribution in [0.15, 0.2) is 29.4 Å². The lowest BCUT2D eigenvalue weighted by Gasteiger charge is -2.09. The van der Waals surface area contributed by atoms with E-state index in [0.717, 1.165) is 23.1 Å². The molecule has 0 saturated heterocycles. The Labute approximate surface area is 142 Å². The molecule has 0 aliphatic carbocycles. The van der Waals surface area contributed by atoms with E-state index in [0.29, 0.717) is 17.6 Å². The molecule has 10 heteroatoms. The SMILES string of the molecule is CCOc1ccc(-c2nnc(S[C@H](C)C(=O)NC(N)=O)n2N)cc1. The maximum atomic E-state index is 11.7. The second-order valence-corrected chi connectivity index (χ2v) is 6.06. The summed E-state index contributed by atoms with van der Waals surface area (Å²) in [6.07, 6.45) is 0. The maximum Gasteiger partial charge on any atom is 0.318 e. The lowest BCUT2D eigenvalue weighted by atomic mass is 10.2. The van der Waals surface area contributed by atoms with Gasteiger partial charge in [0.05, 0.1) is 11.9 Å². The molecule has 0 fully saturated rings. The van der Waals surface area contributed by atoms with E-state index in [1.807, 2.05) is 36.5 Å². The van der Waals surface area contributed by atoms with E-state index in [4.69, 9.17) is 16.3 Å². The van der Waals surface area contributed by atoms with Gasteiger partial charge in [0.2, 0.25) is 11.1 Å². The van der Waals surface area contributed by atoms with Crippen LogP contribution in [0, 0.1) is 0 Å². The number of nitrogens with two attached hydrogens (primary N) is 2. The summed E-state index contributed by atoms with van der Waals surface area (Å²) in [7, 11) is 0. The molecule has 0 bridgehead atoms. The van der Waals surface area contributed by atoms with Crippen molar-refractivity contribution in [1.29, 1.82) is 0 Å². The summed E-state index contributed by atoms with van der Waals surface area (Å²) in [6, 6.07) is 6.34. The molecule has 5 N–H and O–H groups in total. The molecule has 2 rings (SSSR count). The van der Waals surface area contributed by atoms with Gasteiger partial charge >= 0.3 is 6.03 Å². The van der Waals surface area contributed by atoms with Crippen LogP contribution in [-0.2, 0) is 4.79 Å². The number of rotatable bonds is 6. The highest BCUT2D eigenvalue weighted by Crippen LogP contribution is 2.25. The van der Waals surface area contributed by atoms with Crippen LogP contribution >= 0.6 is 11.8 Å². The van der Waals surface area contributed by atoms with Crippen molar-refractivity contribution in [3.05, 3.63) is 24.3 Å². The van der Waals surface area contributed by atoms with Crippen LogP contribution in [0.25, 0.3) is 11.4 Å². The summed E-state index contributed by atoms with van der Waals surface area (Å²) < 4.78 is 6.67. The summed E-state index contributed by atoms with van der Waals surface area (Å²) in [6.45, 7) is 4.09. The molecule has 0 spiro atoms. The van der Waals surface area contributed by atoms with Gasteiger partial charge in [0.15, 0.2) is 5.82 Å². The summed E-state index contributed by atoms with van der Waals surface area (Å²) in [4.78, 5) is 22.4. The molecule has 9 nitrogen and oxygen atoms in total. The number of aromatic nitrogens is 3. The van der Waals surface area contributed by atoms with Crippen molar-refractivity contribution in [1.82, 2.24) is 20.2 Å². The Balaban J connectivity index is 2.13. The molecule has 0 unspecified atom stereocenters. The van der Waals surface area contributed by atoms with Crippen LogP contribution in [0.1, 0.15) is 13.8 Å². The Kier molecular flexibility index (Phi) is 5.64. The van der Waals surface area contributed by atoms with E-state index in [2.05, 4.69) is 10.2 Å². The van der Waals surface area contributed by atoms with Gasteiger partial charge in [0, 0.05) is 5.56 Å². The molecule has 1 aromatic carbocycles. The van der Waals surface area contributed by atoms with Gasteiger partial charge in [-0.25, -0.2) is 9.47 Å². The number of ether oxygens (including phenoxy) is 1. The predicted molar refractivity (Wildman–Crippen MR) is 89.8 cm³/mol. The normalized spacial score (nSPS) is 11.8. The molecular weight excluding hydrogens is 332 g/mol. The molecule has 1 aromatic heterocycles. The van der Waals surface area contributed by atoms with Crippen LogP contribution in [0.3, 0.4) is 0 Å². The van der Waals surface area contributed by atoms with Gasteiger partial charge < -0.3 is 16.3 Å². The number of imide groups is 1. The van der Waals surface area contributed by atoms with Crippen molar-refractivity contribution in [3.63, 3.8) is 0 Å². The average Bonchev–Trinajstić information content (AvgIpc) is 2.89. The number of carbonyl (C=O) groups is 2. The van der Waals surface area contributed by atoms with Gasteiger partial charge in [-0.05, 0) is 38.1 Å². The average molecular weight is 350 g/mol. The second-order valence-electron chi connectivity index (χ2n) is 4.75. The Morgan fingerprint density at radius 1 is 1.33 bits per heavy atom. The number of amides is 3. The minimum atomic E-state index is -0.906. The number of primary amides is 1. The van der Waals surface area contributed by atoms with Gasteiger partial charge in [0.25, 0.3) is 0 Å². The Bertz CT molecular complexity index is 731. The van der Waals surface area contributed by atoms with Crippen molar-refractivity contribution >= 4 is 23.7 Å². The fraction of sp³-hybridized carbons (Fsp3) is 0.286. The minimum Gasteiger partial charge on any atom is -0.494 e. The molecule has 0 saturated carbocycles. The highest BCUT2D eigenvalue weighted by molar-refractivity contribution is 8.00. The number of carbonyl (C=O) groups excluding carboxylic acids is 2. The number of hydrogen-bond acceptors (Lipinski definition) is 7. The van der Waals surface area contributed by atoms with Crippen molar-refractivity contribution in [2.75, 3.05) is 12.4 Å². The largest absolute Gasteiger partial charge is 0.494 e. The van der Waals surface area contributed by atoms with Gasteiger partial charge in [0.1, 0.15) is 5.75 Å². The van der Waals surface area contributed by atoms with E-state index in [1.54, 1.807) is 6.92 Å². The molecule has 128 valence electrons. The third kappa shape index (κ3) is 4.16. The number of nitrogen functional groups attached to an aromatic ring is 1. The quantitative estimate of drug-likeness (QED) is 0.515. The van der Waals surface area contributed by atoms with E-state index < -0.39 is 17.2 Å². The third-order valence-corrected chi connectivity index (χ3v) is 4.04. The molecule has 24 heavy (non-hydrogen) atoms. The van der Waals surface area contributed by atoms with Gasteiger partial charge in [-0.15, -0.1) is 10.2 Å². The third-order valence-electron chi connectivity index (χ3n) is 2.99. The second kappa shape index (κ2) is 7.68. The molecule has 3 amide bonds. The predicted octanol–water partition coefficient (Wildman–Crippen LogP) is 0.733. The zero-order chi connectivity index (χ0) is 17.7. The Morgan fingerprint density at radius 2 is 2.00 bits per heavy atom. The minimum absolute atomic E-state index is 0.339. The van der Waals surface area contributed by atoms with Crippen molar-refractivity contribution in [2.45, 2.75) is 24.3 Å². The fourth-order valence-electron chi connectivity index (χ4n) is 1.86. The number of nitrogens with zero attached hydrogens (tertiary/aromatic N) is 3. The number of benzene rings is 1. The molecule has 1 heterocycles. The number of hydrogen-bond donors (Lipinski definition) is 3. The van der Waals surface area contributed by atoms with Gasteiger partial charge in [-0.1, -0.05) is 11.8 Å². The first-order valence-electron chi connectivity index (χ1n) is 7.13. The number of urea groups is 1.